The van der Waals surface area contributed by atoms with Crippen molar-refractivity contribution in [1.29, 1.82) is 0 Å². The molecule has 2 N–H and O–H groups in total. The van der Waals surface area contributed by atoms with Crippen molar-refractivity contribution in [3.8, 4) is 5.75 Å². The van der Waals surface area contributed by atoms with Gasteiger partial charge in [0.15, 0.2) is 0 Å². The molecule has 1 aromatic carbocycles. The fourth-order valence-corrected chi connectivity index (χ4v) is 1.64. The van der Waals surface area contributed by atoms with Gasteiger partial charge in [0.2, 0.25) is 0 Å². The van der Waals surface area contributed by atoms with Crippen LogP contribution in [0.15, 0.2) is 41.0 Å². The average molecular weight is 261 g/mol. The highest BCUT2D eigenvalue weighted by atomic mass is 16.5. The summed E-state index contributed by atoms with van der Waals surface area (Å²) in [7, 11) is 0. The summed E-state index contributed by atoms with van der Waals surface area (Å²) in [6.07, 6.45) is 1.23. The van der Waals surface area contributed by atoms with Gasteiger partial charge >= 0.3 is 5.97 Å². The summed E-state index contributed by atoms with van der Waals surface area (Å²) in [5, 5.41) is 11.9. The first-order valence-corrected chi connectivity index (χ1v) is 5.96. The number of ether oxygens (including phenoxy) is 1. The average Bonchev–Trinajstić information content (AvgIpc) is 2.86. The second-order valence-electron chi connectivity index (χ2n) is 3.92. The molecule has 0 unspecified atom stereocenters. The van der Waals surface area contributed by atoms with E-state index in [2.05, 4.69) is 5.32 Å². The summed E-state index contributed by atoms with van der Waals surface area (Å²) in [6, 6.07) is 9.05. The Bertz CT molecular complexity index is 562. The van der Waals surface area contributed by atoms with Crippen molar-refractivity contribution in [2.75, 3.05) is 11.9 Å². The van der Waals surface area contributed by atoms with Crippen LogP contribution in [0.3, 0.4) is 0 Å². The molecule has 1 heterocycles. The van der Waals surface area contributed by atoms with E-state index in [0.717, 1.165) is 11.4 Å². The molecule has 0 saturated carbocycles. The van der Waals surface area contributed by atoms with Gasteiger partial charge < -0.3 is 19.6 Å². The monoisotopic (exact) mass is 261 g/mol. The Morgan fingerprint density at radius 1 is 1.42 bits per heavy atom. The highest BCUT2D eigenvalue weighted by molar-refractivity contribution is 5.87. The van der Waals surface area contributed by atoms with Crippen LogP contribution in [0.5, 0.6) is 5.75 Å². The quantitative estimate of drug-likeness (QED) is 0.836. The van der Waals surface area contributed by atoms with Crippen molar-refractivity contribution in [3.63, 3.8) is 0 Å². The third kappa shape index (κ3) is 3.51. The van der Waals surface area contributed by atoms with Crippen molar-refractivity contribution in [3.05, 3.63) is 47.9 Å². The SMILES string of the molecule is CCOc1cccc(NCc2cc(C(=O)O)co2)c1. The lowest BCUT2D eigenvalue weighted by Gasteiger charge is -2.07. The molecule has 0 aliphatic rings. The smallest absolute Gasteiger partial charge is 0.338 e. The van der Waals surface area contributed by atoms with Crippen molar-refractivity contribution in [2.24, 2.45) is 0 Å². The van der Waals surface area contributed by atoms with E-state index in [1.165, 1.54) is 12.3 Å². The number of carbonyl (C=O) groups is 1. The van der Waals surface area contributed by atoms with Gasteiger partial charge in [0.1, 0.15) is 17.8 Å². The van der Waals surface area contributed by atoms with Crippen LogP contribution in [-0.4, -0.2) is 17.7 Å². The van der Waals surface area contributed by atoms with Gasteiger partial charge in [-0.1, -0.05) is 6.07 Å². The van der Waals surface area contributed by atoms with E-state index in [4.69, 9.17) is 14.3 Å². The molecule has 19 heavy (non-hydrogen) atoms. The normalized spacial score (nSPS) is 10.2. The molecular formula is C14H15NO4. The number of hydrogen-bond donors (Lipinski definition) is 2. The maximum atomic E-state index is 10.7. The van der Waals surface area contributed by atoms with E-state index >= 15 is 0 Å². The van der Waals surface area contributed by atoms with Gasteiger partial charge in [-0.25, -0.2) is 4.79 Å². The molecule has 2 rings (SSSR count). The van der Waals surface area contributed by atoms with E-state index in [-0.39, 0.29) is 5.56 Å². The topological polar surface area (TPSA) is 71.7 Å². The van der Waals surface area contributed by atoms with Crippen LogP contribution in [0.1, 0.15) is 23.0 Å². The zero-order valence-corrected chi connectivity index (χ0v) is 10.6. The van der Waals surface area contributed by atoms with Gasteiger partial charge in [-0.2, -0.15) is 0 Å². The van der Waals surface area contributed by atoms with Crippen LogP contribution in [0, 0.1) is 0 Å². The molecule has 0 spiro atoms. The van der Waals surface area contributed by atoms with E-state index in [0.29, 0.717) is 18.9 Å². The minimum absolute atomic E-state index is 0.153. The predicted molar refractivity (Wildman–Crippen MR) is 70.6 cm³/mol. The van der Waals surface area contributed by atoms with Gasteiger partial charge in [0.25, 0.3) is 0 Å². The molecule has 2 aromatic rings. The Kier molecular flexibility index (Phi) is 4.07. The first kappa shape index (κ1) is 13.0. The fraction of sp³-hybridized carbons (Fsp3) is 0.214. The molecule has 0 amide bonds. The van der Waals surface area contributed by atoms with Crippen LogP contribution >= 0.6 is 0 Å². The van der Waals surface area contributed by atoms with Gasteiger partial charge in [-0.05, 0) is 25.1 Å². The van der Waals surface area contributed by atoms with Gasteiger partial charge in [-0.3, -0.25) is 0 Å². The number of rotatable bonds is 6. The number of benzene rings is 1. The molecule has 0 atom stereocenters. The summed E-state index contributed by atoms with van der Waals surface area (Å²) in [5.74, 6) is 0.366. The van der Waals surface area contributed by atoms with Crippen molar-refractivity contribution in [2.45, 2.75) is 13.5 Å². The Hall–Kier alpha value is -2.43. The van der Waals surface area contributed by atoms with Crippen LogP contribution in [0.4, 0.5) is 5.69 Å². The maximum absolute atomic E-state index is 10.7. The third-order valence-electron chi connectivity index (χ3n) is 2.51. The minimum atomic E-state index is -0.992. The van der Waals surface area contributed by atoms with E-state index in [1.54, 1.807) is 0 Å². The summed E-state index contributed by atoms with van der Waals surface area (Å²) in [6.45, 7) is 2.96. The Balaban J connectivity index is 1.97. The second-order valence-corrected chi connectivity index (χ2v) is 3.92. The van der Waals surface area contributed by atoms with Gasteiger partial charge in [-0.15, -0.1) is 0 Å². The lowest BCUT2D eigenvalue weighted by molar-refractivity contribution is 0.0696. The number of furan rings is 1. The summed E-state index contributed by atoms with van der Waals surface area (Å²) in [5.41, 5.74) is 1.04. The van der Waals surface area contributed by atoms with Crippen molar-refractivity contribution >= 4 is 11.7 Å². The Morgan fingerprint density at radius 3 is 2.95 bits per heavy atom. The number of carboxylic acid groups (broad SMARTS) is 1. The molecule has 0 aliphatic heterocycles. The van der Waals surface area contributed by atoms with Crippen molar-refractivity contribution < 1.29 is 19.1 Å². The standard InChI is InChI=1S/C14H15NO4/c1-2-18-12-5-3-4-11(7-12)15-8-13-6-10(9-19-13)14(16)17/h3-7,9,15H,2,8H2,1H3,(H,16,17). The number of anilines is 1. The highest BCUT2D eigenvalue weighted by Crippen LogP contribution is 2.18. The predicted octanol–water partition coefficient (Wildman–Crippen LogP) is 2.99. The third-order valence-corrected chi connectivity index (χ3v) is 2.51. The molecule has 100 valence electrons. The van der Waals surface area contributed by atoms with Crippen molar-refractivity contribution in [1.82, 2.24) is 0 Å². The van der Waals surface area contributed by atoms with E-state index in [1.807, 2.05) is 31.2 Å². The molecule has 0 fully saturated rings. The van der Waals surface area contributed by atoms with Crippen LogP contribution in [-0.2, 0) is 6.54 Å². The molecule has 5 heteroatoms. The molecule has 0 saturated heterocycles. The lowest BCUT2D eigenvalue weighted by Crippen LogP contribution is -1.99. The first-order chi connectivity index (χ1) is 9.19. The van der Waals surface area contributed by atoms with Gasteiger partial charge in [0.05, 0.1) is 18.7 Å². The van der Waals surface area contributed by atoms with Crippen LogP contribution in [0.25, 0.3) is 0 Å². The molecule has 0 aliphatic carbocycles. The Morgan fingerprint density at radius 2 is 2.26 bits per heavy atom. The van der Waals surface area contributed by atoms with Crippen LogP contribution < -0.4 is 10.1 Å². The molecular weight excluding hydrogens is 246 g/mol. The minimum Gasteiger partial charge on any atom is -0.494 e. The molecule has 0 bridgehead atoms. The molecule has 1 aromatic heterocycles. The van der Waals surface area contributed by atoms with E-state index in [9.17, 15) is 4.79 Å². The number of hydrogen-bond acceptors (Lipinski definition) is 4. The fourth-order valence-electron chi connectivity index (χ4n) is 1.64. The van der Waals surface area contributed by atoms with E-state index < -0.39 is 5.97 Å². The summed E-state index contributed by atoms with van der Waals surface area (Å²) < 4.78 is 10.5. The van der Waals surface area contributed by atoms with Crippen LogP contribution in [0.2, 0.25) is 0 Å². The zero-order valence-electron chi connectivity index (χ0n) is 10.6. The number of carboxylic acids is 1. The molecule has 5 nitrogen and oxygen atoms in total. The Labute approximate surface area is 110 Å². The number of aromatic carboxylic acids is 1. The lowest BCUT2D eigenvalue weighted by atomic mass is 10.3. The second kappa shape index (κ2) is 5.95. The van der Waals surface area contributed by atoms with Gasteiger partial charge in [0, 0.05) is 11.8 Å². The highest BCUT2D eigenvalue weighted by Gasteiger charge is 2.07. The zero-order chi connectivity index (χ0) is 13.7. The first-order valence-electron chi connectivity index (χ1n) is 5.96. The molecule has 0 radical (unpaired) electrons. The summed E-state index contributed by atoms with van der Waals surface area (Å²) >= 11 is 0. The summed E-state index contributed by atoms with van der Waals surface area (Å²) in [4.78, 5) is 10.7. The number of nitrogens with one attached hydrogen (secondary N) is 1. The largest absolute Gasteiger partial charge is 0.494 e. The maximum Gasteiger partial charge on any atom is 0.338 e.